The number of rotatable bonds is 5. The van der Waals surface area contributed by atoms with Gasteiger partial charge in [0.1, 0.15) is 5.82 Å². The summed E-state index contributed by atoms with van der Waals surface area (Å²) in [5.74, 6) is 0.896. The standard InChI is InChI=1S/C24H15N6.C13H12N.Ir/c1-3-15-25-21(5-1)17-7-11-19(12-8-17)23-27-29-24(30-28-23)20-13-9-18(10-14-20)22-6-2-4-16-26-22;1-10-6-7-12(9-11(10)2)13-5-3-4-8-14-13;/h1-13,15-16H;3-6,8-9H,1-2H3;/q2*-1;. The minimum Gasteiger partial charge on any atom is -0.305 e. The summed E-state index contributed by atoms with van der Waals surface area (Å²) < 4.78 is 0. The van der Waals surface area contributed by atoms with Crippen molar-refractivity contribution in [3.05, 3.63) is 151 Å². The SMILES string of the molecule is Cc1c[c-]c(-c2ccccn2)cc1C.[Ir].[c-]1cc(-c2ccccn2)ccc1-c1nnc(-c2ccc(-c3ccccn3)cc2)nn1. The van der Waals surface area contributed by atoms with Gasteiger partial charge in [0.15, 0.2) is 0 Å². The van der Waals surface area contributed by atoms with Gasteiger partial charge < -0.3 is 4.98 Å². The smallest absolute Gasteiger partial charge is 0.201 e. The quantitative estimate of drug-likeness (QED) is 0.166. The molecule has 0 spiro atoms. The first kappa shape index (κ1) is 31.1. The van der Waals surface area contributed by atoms with Gasteiger partial charge in [-0.05, 0) is 36.0 Å². The van der Waals surface area contributed by atoms with Gasteiger partial charge in [0.05, 0.1) is 5.69 Å². The predicted molar refractivity (Wildman–Crippen MR) is 172 cm³/mol. The molecule has 0 amide bonds. The van der Waals surface area contributed by atoms with Crippen molar-refractivity contribution < 1.29 is 20.1 Å². The van der Waals surface area contributed by atoms with E-state index >= 15 is 0 Å². The second-order valence-corrected chi connectivity index (χ2v) is 9.97. The van der Waals surface area contributed by atoms with Gasteiger partial charge in [0, 0.05) is 55.5 Å². The summed E-state index contributed by atoms with van der Waals surface area (Å²) in [6.07, 6.45) is 5.35. The van der Waals surface area contributed by atoms with Crippen molar-refractivity contribution in [2.75, 3.05) is 0 Å². The van der Waals surface area contributed by atoms with E-state index in [1.54, 1.807) is 18.6 Å². The minimum absolute atomic E-state index is 0. The second-order valence-electron chi connectivity index (χ2n) is 9.97. The summed E-state index contributed by atoms with van der Waals surface area (Å²) in [6.45, 7) is 4.20. The van der Waals surface area contributed by atoms with E-state index in [-0.39, 0.29) is 20.1 Å². The third-order valence-electron chi connectivity index (χ3n) is 6.96. The van der Waals surface area contributed by atoms with Gasteiger partial charge in [-0.1, -0.05) is 67.9 Å². The molecule has 3 aromatic carbocycles. The van der Waals surface area contributed by atoms with Crippen molar-refractivity contribution in [1.82, 2.24) is 35.3 Å². The van der Waals surface area contributed by atoms with Gasteiger partial charge in [0.25, 0.3) is 0 Å². The van der Waals surface area contributed by atoms with Crippen LogP contribution in [0.4, 0.5) is 0 Å². The van der Waals surface area contributed by atoms with Crippen molar-refractivity contribution in [2.24, 2.45) is 0 Å². The largest absolute Gasteiger partial charge is 0.305 e. The molecule has 45 heavy (non-hydrogen) atoms. The van der Waals surface area contributed by atoms with E-state index in [1.165, 1.54) is 11.1 Å². The van der Waals surface area contributed by atoms with Crippen LogP contribution in [-0.4, -0.2) is 35.3 Å². The van der Waals surface area contributed by atoms with Crippen LogP contribution < -0.4 is 0 Å². The topological polar surface area (TPSA) is 90.2 Å². The molecule has 0 fully saturated rings. The number of aryl methyl sites for hydroxylation is 2. The van der Waals surface area contributed by atoms with Crippen LogP contribution in [0, 0.1) is 26.0 Å². The molecule has 0 aliphatic heterocycles. The van der Waals surface area contributed by atoms with Crippen LogP contribution in [0.2, 0.25) is 0 Å². The Hall–Kier alpha value is -5.30. The molecule has 7 rings (SSSR count). The summed E-state index contributed by atoms with van der Waals surface area (Å²) in [5.41, 5.74) is 9.98. The molecule has 0 aliphatic carbocycles. The van der Waals surface area contributed by atoms with Crippen LogP contribution in [-0.2, 0) is 20.1 Å². The minimum atomic E-state index is 0. The maximum Gasteiger partial charge on any atom is 0.201 e. The van der Waals surface area contributed by atoms with Gasteiger partial charge in [-0.3, -0.25) is 9.97 Å². The van der Waals surface area contributed by atoms with E-state index < -0.39 is 0 Å². The summed E-state index contributed by atoms with van der Waals surface area (Å²) in [4.78, 5) is 13.0. The van der Waals surface area contributed by atoms with E-state index in [2.05, 4.69) is 67.4 Å². The Labute approximate surface area is 275 Å². The molecule has 7 nitrogen and oxygen atoms in total. The second kappa shape index (κ2) is 14.9. The number of pyridine rings is 3. The number of hydrogen-bond donors (Lipinski definition) is 0. The summed E-state index contributed by atoms with van der Waals surface area (Å²) in [7, 11) is 0. The summed E-state index contributed by atoms with van der Waals surface area (Å²) in [6, 6.07) is 41.7. The van der Waals surface area contributed by atoms with Gasteiger partial charge in [-0.2, -0.15) is 10.2 Å². The molecule has 221 valence electrons. The maximum atomic E-state index is 4.36. The van der Waals surface area contributed by atoms with Crippen molar-refractivity contribution in [3.8, 4) is 56.5 Å². The van der Waals surface area contributed by atoms with Crippen LogP contribution in [0.3, 0.4) is 0 Å². The van der Waals surface area contributed by atoms with Gasteiger partial charge in [0.2, 0.25) is 5.82 Å². The molecule has 0 N–H and O–H groups in total. The van der Waals surface area contributed by atoms with E-state index in [4.69, 9.17) is 0 Å². The Morgan fingerprint density at radius 1 is 0.444 bits per heavy atom. The van der Waals surface area contributed by atoms with Crippen LogP contribution >= 0.6 is 0 Å². The fourth-order valence-electron chi connectivity index (χ4n) is 4.37. The first-order valence-electron chi connectivity index (χ1n) is 14.1. The Balaban J connectivity index is 0.000000225. The fourth-order valence-corrected chi connectivity index (χ4v) is 4.37. The molecule has 0 bridgehead atoms. The average Bonchev–Trinajstić information content (AvgIpc) is 3.11. The summed E-state index contributed by atoms with van der Waals surface area (Å²) >= 11 is 0. The molecular formula is C37H27IrN7-2. The molecular weight excluding hydrogens is 735 g/mol. The van der Waals surface area contributed by atoms with Gasteiger partial charge in [-0.25, -0.2) is 0 Å². The molecule has 8 heteroatoms. The van der Waals surface area contributed by atoms with Crippen molar-refractivity contribution >= 4 is 0 Å². The van der Waals surface area contributed by atoms with Crippen LogP contribution in [0.1, 0.15) is 11.1 Å². The third kappa shape index (κ3) is 7.81. The van der Waals surface area contributed by atoms with Crippen LogP contribution in [0.15, 0.2) is 128 Å². The normalized spacial score (nSPS) is 10.3. The Bertz CT molecular complexity index is 1830. The predicted octanol–water partition coefficient (Wildman–Crippen LogP) is 7.69. The van der Waals surface area contributed by atoms with Crippen molar-refractivity contribution in [3.63, 3.8) is 0 Å². The molecule has 0 saturated carbocycles. The molecule has 4 heterocycles. The summed E-state index contributed by atoms with van der Waals surface area (Å²) in [5, 5.41) is 16.9. The number of benzene rings is 3. The van der Waals surface area contributed by atoms with Crippen LogP contribution in [0.25, 0.3) is 56.5 Å². The molecule has 0 aliphatic rings. The molecule has 0 unspecified atom stereocenters. The first-order valence-corrected chi connectivity index (χ1v) is 14.1. The Morgan fingerprint density at radius 2 is 0.956 bits per heavy atom. The van der Waals surface area contributed by atoms with Gasteiger partial charge in [-0.15, -0.1) is 74.9 Å². The van der Waals surface area contributed by atoms with Crippen molar-refractivity contribution in [2.45, 2.75) is 13.8 Å². The Morgan fingerprint density at radius 3 is 1.49 bits per heavy atom. The number of hydrogen-bond acceptors (Lipinski definition) is 7. The first-order chi connectivity index (χ1) is 21.6. The van der Waals surface area contributed by atoms with E-state index in [1.807, 2.05) is 103 Å². The Kier molecular flexibility index (Phi) is 10.3. The zero-order valence-corrected chi connectivity index (χ0v) is 27.0. The fraction of sp³-hybridized carbons (Fsp3) is 0.0541. The molecule has 0 saturated heterocycles. The molecule has 4 aromatic heterocycles. The van der Waals surface area contributed by atoms with Crippen molar-refractivity contribution in [1.29, 1.82) is 0 Å². The maximum absolute atomic E-state index is 4.36. The zero-order valence-electron chi connectivity index (χ0n) is 24.6. The number of nitrogens with zero attached hydrogens (tertiary/aromatic N) is 7. The van der Waals surface area contributed by atoms with E-state index in [0.717, 1.165) is 44.9 Å². The van der Waals surface area contributed by atoms with E-state index in [0.29, 0.717) is 11.6 Å². The van der Waals surface area contributed by atoms with Gasteiger partial charge >= 0.3 is 0 Å². The molecule has 0 atom stereocenters. The van der Waals surface area contributed by atoms with Crippen LogP contribution in [0.5, 0.6) is 0 Å². The molecule has 1 radical (unpaired) electrons. The monoisotopic (exact) mass is 762 g/mol. The average molecular weight is 762 g/mol. The number of aromatic nitrogens is 7. The third-order valence-corrected chi connectivity index (χ3v) is 6.96. The zero-order chi connectivity index (χ0) is 30.1. The molecule has 7 aromatic rings. The van der Waals surface area contributed by atoms with E-state index in [9.17, 15) is 0 Å².